The minimum absolute atomic E-state index is 0.485. The molecule has 13 heavy (non-hydrogen) atoms. The van der Waals surface area contributed by atoms with Crippen molar-refractivity contribution >= 4 is 5.82 Å². The highest BCUT2D eigenvalue weighted by Crippen LogP contribution is 2.37. The molecule has 1 aliphatic rings. The molecule has 0 aromatic carbocycles. The number of rotatable bonds is 3. The molecule has 4 heteroatoms. The van der Waals surface area contributed by atoms with Crippen molar-refractivity contribution in [2.75, 3.05) is 11.9 Å². The van der Waals surface area contributed by atoms with E-state index in [4.69, 9.17) is 0 Å². The average molecular weight is 181 g/mol. The smallest absolute Gasteiger partial charge is 0.217 e. The zero-order chi connectivity index (χ0) is 9.26. The van der Waals surface area contributed by atoms with E-state index >= 15 is 0 Å². The summed E-state index contributed by atoms with van der Waals surface area (Å²) in [6, 6.07) is 1.31. The highest BCUT2D eigenvalue weighted by molar-refractivity contribution is 5.32. The largest absolute Gasteiger partial charge is 0.370 e. The van der Waals surface area contributed by atoms with Gasteiger partial charge in [0.05, 0.1) is 0 Å². The molecule has 3 nitrogen and oxygen atoms in total. The summed E-state index contributed by atoms with van der Waals surface area (Å²) in [5.41, 5.74) is 0. The Bertz CT molecular complexity index is 303. The molecular weight excluding hydrogens is 169 g/mol. The van der Waals surface area contributed by atoms with Crippen LogP contribution in [0.2, 0.25) is 0 Å². The predicted molar refractivity (Wildman–Crippen MR) is 47.8 cm³/mol. The van der Waals surface area contributed by atoms with E-state index in [0.29, 0.717) is 5.82 Å². The van der Waals surface area contributed by atoms with Gasteiger partial charge in [-0.25, -0.2) is 9.97 Å². The fourth-order valence-electron chi connectivity index (χ4n) is 1.35. The van der Waals surface area contributed by atoms with Gasteiger partial charge in [0.15, 0.2) is 0 Å². The van der Waals surface area contributed by atoms with E-state index in [1.54, 1.807) is 0 Å². The zero-order valence-corrected chi connectivity index (χ0v) is 7.50. The molecule has 0 aliphatic heterocycles. The van der Waals surface area contributed by atoms with Crippen LogP contribution in [0.15, 0.2) is 12.4 Å². The molecule has 1 aromatic rings. The first-order valence-electron chi connectivity index (χ1n) is 4.47. The molecule has 0 spiro atoms. The van der Waals surface area contributed by atoms with Crippen LogP contribution in [0.25, 0.3) is 0 Å². The van der Waals surface area contributed by atoms with Crippen molar-refractivity contribution in [1.29, 1.82) is 0 Å². The van der Waals surface area contributed by atoms with Crippen molar-refractivity contribution in [3.8, 4) is 0 Å². The molecule has 1 heterocycles. The van der Waals surface area contributed by atoms with Gasteiger partial charge in [0.25, 0.3) is 0 Å². The van der Waals surface area contributed by atoms with Gasteiger partial charge >= 0.3 is 0 Å². The molecule has 70 valence electrons. The maximum atomic E-state index is 12.6. The summed E-state index contributed by atoms with van der Waals surface area (Å²) in [6.45, 7) is 3.10. The number of halogens is 1. The highest BCUT2D eigenvalue weighted by atomic mass is 19.1. The van der Waals surface area contributed by atoms with Crippen molar-refractivity contribution in [3.63, 3.8) is 0 Å². The van der Waals surface area contributed by atoms with E-state index in [0.717, 1.165) is 18.4 Å². The van der Waals surface area contributed by atoms with Crippen molar-refractivity contribution in [2.24, 2.45) is 11.8 Å². The summed E-state index contributed by atoms with van der Waals surface area (Å²) in [4.78, 5) is 7.28. The van der Waals surface area contributed by atoms with Gasteiger partial charge in [0.2, 0.25) is 5.95 Å². The lowest BCUT2D eigenvalue weighted by Gasteiger charge is -2.02. The minimum Gasteiger partial charge on any atom is -0.370 e. The summed E-state index contributed by atoms with van der Waals surface area (Å²) in [6.07, 6.45) is 2.49. The molecule has 0 amide bonds. The van der Waals surface area contributed by atoms with Gasteiger partial charge in [-0.15, -0.1) is 0 Å². The van der Waals surface area contributed by atoms with Crippen LogP contribution in [0.3, 0.4) is 0 Å². The molecule has 0 bridgehead atoms. The third kappa shape index (κ3) is 2.14. The van der Waals surface area contributed by atoms with E-state index in [2.05, 4.69) is 22.2 Å². The van der Waals surface area contributed by atoms with E-state index in [1.807, 2.05) is 0 Å². The number of hydrogen-bond acceptors (Lipinski definition) is 3. The zero-order valence-electron chi connectivity index (χ0n) is 7.50. The Kier molecular flexibility index (Phi) is 2.12. The minimum atomic E-state index is -0.485. The van der Waals surface area contributed by atoms with Gasteiger partial charge in [-0.1, -0.05) is 6.92 Å². The summed E-state index contributed by atoms with van der Waals surface area (Å²) in [5, 5.41) is 3.09. The second-order valence-electron chi connectivity index (χ2n) is 3.58. The highest BCUT2D eigenvalue weighted by Gasteiger charge is 2.31. The molecule has 0 radical (unpaired) electrons. The molecule has 1 N–H and O–H groups in total. The quantitative estimate of drug-likeness (QED) is 0.721. The predicted octanol–water partition coefficient (Wildman–Crippen LogP) is 1.68. The Morgan fingerprint density at radius 2 is 2.38 bits per heavy atom. The number of nitrogens with one attached hydrogen (secondary N) is 1. The van der Waals surface area contributed by atoms with E-state index < -0.39 is 5.95 Å². The van der Waals surface area contributed by atoms with Crippen molar-refractivity contribution < 1.29 is 4.39 Å². The number of nitrogens with zero attached hydrogens (tertiary/aromatic N) is 2. The van der Waals surface area contributed by atoms with Crippen LogP contribution in [-0.4, -0.2) is 16.5 Å². The van der Waals surface area contributed by atoms with Crippen molar-refractivity contribution in [1.82, 2.24) is 9.97 Å². The SMILES string of the molecule is CC1CC1CNc1cc(F)ncn1. The summed E-state index contributed by atoms with van der Waals surface area (Å²) >= 11 is 0. The van der Waals surface area contributed by atoms with Gasteiger partial charge in [0.1, 0.15) is 12.1 Å². The number of anilines is 1. The van der Waals surface area contributed by atoms with Gasteiger partial charge < -0.3 is 5.32 Å². The van der Waals surface area contributed by atoms with Crippen LogP contribution < -0.4 is 5.32 Å². The van der Waals surface area contributed by atoms with Gasteiger partial charge in [-0.3, -0.25) is 0 Å². The monoisotopic (exact) mass is 181 g/mol. The Hall–Kier alpha value is -1.19. The van der Waals surface area contributed by atoms with Crippen LogP contribution in [0, 0.1) is 17.8 Å². The van der Waals surface area contributed by atoms with E-state index in [-0.39, 0.29) is 0 Å². The molecule has 0 saturated heterocycles. The molecule has 2 unspecified atom stereocenters. The maximum Gasteiger partial charge on any atom is 0.217 e. The van der Waals surface area contributed by atoms with Crippen LogP contribution in [0.4, 0.5) is 10.2 Å². The first-order chi connectivity index (χ1) is 6.25. The number of aromatic nitrogens is 2. The van der Waals surface area contributed by atoms with Gasteiger partial charge in [-0.2, -0.15) is 4.39 Å². The fraction of sp³-hybridized carbons (Fsp3) is 0.556. The summed E-state index contributed by atoms with van der Waals surface area (Å²) in [7, 11) is 0. The Morgan fingerprint density at radius 3 is 3.00 bits per heavy atom. The van der Waals surface area contributed by atoms with Gasteiger partial charge in [-0.05, 0) is 18.3 Å². The lowest BCUT2D eigenvalue weighted by Crippen LogP contribution is -2.06. The normalized spacial score (nSPS) is 25.7. The number of hydrogen-bond donors (Lipinski definition) is 1. The standard InChI is InChI=1S/C9H12FN3/c1-6-2-7(6)4-11-9-3-8(10)12-5-13-9/h3,5-7H,2,4H2,1H3,(H,11,12,13). The van der Waals surface area contributed by atoms with Crippen LogP contribution in [-0.2, 0) is 0 Å². The second-order valence-corrected chi connectivity index (χ2v) is 3.58. The van der Waals surface area contributed by atoms with Crippen molar-refractivity contribution in [3.05, 3.63) is 18.3 Å². The average Bonchev–Trinajstić information content (AvgIpc) is 2.79. The third-order valence-corrected chi connectivity index (χ3v) is 2.46. The molecule has 1 fully saturated rings. The van der Waals surface area contributed by atoms with Crippen LogP contribution >= 0.6 is 0 Å². The first kappa shape index (κ1) is 8.41. The van der Waals surface area contributed by atoms with E-state index in [9.17, 15) is 4.39 Å². The Morgan fingerprint density at radius 1 is 1.62 bits per heavy atom. The second kappa shape index (κ2) is 3.28. The van der Waals surface area contributed by atoms with Crippen molar-refractivity contribution in [2.45, 2.75) is 13.3 Å². The van der Waals surface area contributed by atoms with Crippen LogP contribution in [0.1, 0.15) is 13.3 Å². The van der Waals surface area contributed by atoms with Gasteiger partial charge in [0, 0.05) is 12.6 Å². The molecular formula is C9H12FN3. The maximum absolute atomic E-state index is 12.6. The summed E-state index contributed by atoms with van der Waals surface area (Å²) in [5.74, 6) is 1.63. The molecule has 2 atom stereocenters. The molecule has 1 aromatic heterocycles. The lowest BCUT2D eigenvalue weighted by atomic mass is 10.3. The molecule has 1 saturated carbocycles. The lowest BCUT2D eigenvalue weighted by molar-refractivity contribution is 0.580. The molecule has 2 rings (SSSR count). The summed E-state index contributed by atoms with van der Waals surface area (Å²) < 4.78 is 12.6. The topological polar surface area (TPSA) is 37.8 Å². The van der Waals surface area contributed by atoms with Crippen LogP contribution in [0.5, 0.6) is 0 Å². The molecule has 1 aliphatic carbocycles. The Labute approximate surface area is 76.4 Å². The first-order valence-corrected chi connectivity index (χ1v) is 4.47. The Balaban J connectivity index is 1.87. The third-order valence-electron chi connectivity index (χ3n) is 2.46. The fourth-order valence-corrected chi connectivity index (χ4v) is 1.35. The van der Waals surface area contributed by atoms with E-state index in [1.165, 1.54) is 18.8 Å².